The zero-order chi connectivity index (χ0) is 11.5. The lowest BCUT2D eigenvalue weighted by Gasteiger charge is -2.09. The van der Waals surface area contributed by atoms with Gasteiger partial charge < -0.3 is 16.2 Å². The smallest absolute Gasteiger partial charge is 0.123 e. The van der Waals surface area contributed by atoms with Crippen molar-refractivity contribution in [2.24, 2.45) is 0 Å². The Morgan fingerprint density at radius 3 is 2.69 bits per heavy atom. The Morgan fingerprint density at radius 2 is 2.06 bits per heavy atom. The van der Waals surface area contributed by atoms with E-state index in [2.05, 4.69) is 10.3 Å². The van der Waals surface area contributed by atoms with Gasteiger partial charge >= 0.3 is 0 Å². The summed E-state index contributed by atoms with van der Waals surface area (Å²) in [7, 11) is 0. The second-order valence-corrected chi connectivity index (χ2v) is 3.60. The predicted octanol–water partition coefficient (Wildman–Crippen LogP) is 2.42. The van der Waals surface area contributed by atoms with Crippen molar-refractivity contribution in [3.63, 3.8) is 0 Å². The van der Waals surface area contributed by atoms with Gasteiger partial charge in [-0.25, -0.2) is 4.98 Å². The molecule has 16 heavy (non-hydrogen) atoms. The molecule has 0 saturated heterocycles. The van der Waals surface area contributed by atoms with Gasteiger partial charge in [0.25, 0.3) is 0 Å². The van der Waals surface area contributed by atoms with Crippen molar-refractivity contribution in [1.82, 2.24) is 4.98 Å². The molecule has 0 unspecified atom stereocenters. The summed E-state index contributed by atoms with van der Waals surface area (Å²) in [5, 5.41) is 12.5. The van der Waals surface area contributed by atoms with E-state index in [9.17, 15) is 5.11 Å². The maximum atomic E-state index is 9.28. The number of nitrogens with zero attached hydrogens (tertiary/aromatic N) is 1. The van der Waals surface area contributed by atoms with Crippen LogP contribution in [0, 0.1) is 6.92 Å². The van der Waals surface area contributed by atoms with Gasteiger partial charge in [0, 0.05) is 5.69 Å². The number of aromatic nitrogens is 1. The summed E-state index contributed by atoms with van der Waals surface area (Å²) < 4.78 is 0. The van der Waals surface area contributed by atoms with Crippen LogP contribution in [0.25, 0.3) is 0 Å². The summed E-state index contributed by atoms with van der Waals surface area (Å²) in [6, 6.07) is 8.75. The highest BCUT2D eigenvalue weighted by atomic mass is 16.3. The van der Waals surface area contributed by atoms with Crippen LogP contribution in [0.2, 0.25) is 0 Å². The van der Waals surface area contributed by atoms with Crippen molar-refractivity contribution in [2.45, 2.75) is 6.92 Å². The number of hydrogen-bond acceptors (Lipinski definition) is 4. The van der Waals surface area contributed by atoms with Crippen LogP contribution in [-0.4, -0.2) is 10.1 Å². The first-order valence-corrected chi connectivity index (χ1v) is 4.93. The van der Waals surface area contributed by atoms with E-state index in [1.54, 1.807) is 24.4 Å². The van der Waals surface area contributed by atoms with E-state index in [-0.39, 0.29) is 5.75 Å². The molecule has 0 fully saturated rings. The summed E-state index contributed by atoms with van der Waals surface area (Å²) in [4.78, 5) is 3.99. The van der Waals surface area contributed by atoms with Crippen molar-refractivity contribution < 1.29 is 5.11 Å². The number of phenolic OH excluding ortho intramolecular Hbond substituents is 1. The first-order valence-electron chi connectivity index (χ1n) is 4.93. The van der Waals surface area contributed by atoms with Gasteiger partial charge in [-0.2, -0.15) is 0 Å². The minimum absolute atomic E-state index is 0.262. The fourth-order valence-electron chi connectivity index (χ4n) is 1.42. The summed E-state index contributed by atoms with van der Waals surface area (Å²) in [5.74, 6) is 0.756. The van der Waals surface area contributed by atoms with E-state index in [0.29, 0.717) is 5.82 Å². The van der Waals surface area contributed by atoms with Crippen LogP contribution in [0.1, 0.15) is 5.56 Å². The first kappa shape index (κ1) is 10.3. The Bertz CT molecular complexity index is 494. The van der Waals surface area contributed by atoms with Crippen molar-refractivity contribution in [3.8, 4) is 5.75 Å². The zero-order valence-electron chi connectivity index (χ0n) is 8.94. The number of rotatable bonds is 2. The number of nitrogens with two attached hydrogens (primary N) is 1. The second kappa shape index (κ2) is 4.10. The molecule has 4 N–H and O–H groups in total. The van der Waals surface area contributed by atoms with Gasteiger partial charge in [0.15, 0.2) is 0 Å². The number of phenols is 1. The maximum Gasteiger partial charge on any atom is 0.123 e. The highest BCUT2D eigenvalue weighted by Gasteiger charge is 2.00. The molecule has 0 bridgehead atoms. The monoisotopic (exact) mass is 215 g/mol. The normalized spacial score (nSPS) is 10.1. The fourth-order valence-corrected chi connectivity index (χ4v) is 1.42. The van der Waals surface area contributed by atoms with Crippen LogP contribution in [0.4, 0.5) is 17.2 Å². The Hall–Kier alpha value is -2.23. The molecule has 0 saturated carbocycles. The lowest BCUT2D eigenvalue weighted by atomic mass is 10.2. The summed E-state index contributed by atoms with van der Waals surface area (Å²) >= 11 is 0. The molecule has 0 radical (unpaired) electrons. The molecule has 0 amide bonds. The third-order valence-electron chi connectivity index (χ3n) is 2.28. The van der Waals surface area contributed by atoms with Crippen molar-refractivity contribution in [3.05, 3.63) is 42.1 Å². The van der Waals surface area contributed by atoms with Crippen LogP contribution in [-0.2, 0) is 0 Å². The maximum absolute atomic E-state index is 9.28. The van der Waals surface area contributed by atoms with E-state index in [1.807, 2.05) is 19.1 Å². The lowest BCUT2D eigenvalue weighted by molar-refractivity contribution is 0.475. The molecule has 1 heterocycles. The van der Waals surface area contributed by atoms with Crippen molar-refractivity contribution in [1.29, 1.82) is 0 Å². The summed E-state index contributed by atoms with van der Waals surface area (Å²) in [5.41, 5.74) is 8.27. The molecule has 0 atom stereocenters. The molecular weight excluding hydrogens is 202 g/mol. The minimum Gasteiger partial charge on any atom is -0.508 e. The average molecular weight is 215 g/mol. The molecule has 82 valence electrons. The van der Waals surface area contributed by atoms with Crippen LogP contribution in [0.3, 0.4) is 0 Å². The van der Waals surface area contributed by atoms with E-state index < -0.39 is 0 Å². The zero-order valence-corrected chi connectivity index (χ0v) is 8.94. The number of aryl methyl sites for hydroxylation is 1. The average Bonchev–Trinajstić information content (AvgIpc) is 2.25. The first-order chi connectivity index (χ1) is 7.65. The van der Waals surface area contributed by atoms with Crippen LogP contribution in [0.15, 0.2) is 36.5 Å². The number of anilines is 3. The van der Waals surface area contributed by atoms with Gasteiger partial charge in [0.05, 0.1) is 11.9 Å². The number of aromatic hydroxyl groups is 1. The molecule has 0 aliphatic carbocycles. The number of nitrogens with one attached hydrogen (secondary N) is 1. The number of hydrogen-bond donors (Lipinski definition) is 3. The van der Waals surface area contributed by atoms with Crippen molar-refractivity contribution in [2.75, 3.05) is 11.1 Å². The molecule has 1 aromatic carbocycles. The number of nitrogen functional groups attached to an aromatic ring is 1. The molecule has 1 aromatic heterocycles. The molecular formula is C12H13N3O. The quantitative estimate of drug-likeness (QED) is 0.673. The SMILES string of the molecule is Cc1cc(O)ccc1Nc1ccc(N)nc1. The topological polar surface area (TPSA) is 71.2 Å². The molecule has 4 heteroatoms. The highest BCUT2D eigenvalue weighted by Crippen LogP contribution is 2.23. The van der Waals surface area contributed by atoms with Gasteiger partial charge in [-0.3, -0.25) is 0 Å². The summed E-state index contributed by atoms with van der Waals surface area (Å²) in [6.45, 7) is 1.92. The van der Waals surface area contributed by atoms with Gasteiger partial charge in [-0.1, -0.05) is 0 Å². The van der Waals surface area contributed by atoms with Gasteiger partial charge in [0.1, 0.15) is 11.6 Å². The van der Waals surface area contributed by atoms with Crippen LogP contribution < -0.4 is 11.1 Å². The van der Waals surface area contributed by atoms with E-state index in [1.165, 1.54) is 0 Å². The largest absolute Gasteiger partial charge is 0.508 e. The molecule has 0 aliphatic heterocycles. The van der Waals surface area contributed by atoms with Gasteiger partial charge in [-0.15, -0.1) is 0 Å². The molecule has 0 spiro atoms. The molecule has 2 aromatic rings. The number of benzene rings is 1. The lowest BCUT2D eigenvalue weighted by Crippen LogP contribution is -1.95. The van der Waals surface area contributed by atoms with Gasteiger partial charge in [0.2, 0.25) is 0 Å². The summed E-state index contributed by atoms with van der Waals surface area (Å²) in [6.07, 6.45) is 1.67. The molecule has 4 nitrogen and oxygen atoms in total. The molecule has 2 rings (SSSR count). The predicted molar refractivity (Wildman–Crippen MR) is 64.8 cm³/mol. The Labute approximate surface area is 93.8 Å². The van der Waals surface area contributed by atoms with Crippen molar-refractivity contribution >= 4 is 17.2 Å². The van der Waals surface area contributed by atoms with E-state index >= 15 is 0 Å². The highest BCUT2D eigenvalue weighted by molar-refractivity contribution is 5.63. The minimum atomic E-state index is 0.262. The third-order valence-corrected chi connectivity index (χ3v) is 2.28. The molecule has 0 aliphatic rings. The fraction of sp³-hybridized carbons (Fsp3) is 0.0833. The van der Waals surface area contributed by atoms with Crippen LogP contribution in [0.5, 0.6) is 5.75 Å². The Kier molecular flexibility index (Phi) is 2.64. The number of pyridine rings is 1. The van der Waals surface area contributed by atoms with E-state index in [0.717, 1.165) is 16.9 Å². The second-order valence-electron chi connectivity index (χ2n) is 3.60. The van der Waals surface area contributed by atoms with Crippen LogP contribution >= 0.6 is 0 Å². The third kappa shape index (κ3) is 2.23. The Morgan fingerprint density at radius 1 is 1.25 bits per heavy atom. The standard InChI is InChI=1S/C12H13N3O/c1-8-6-10(16)3-4-11(8)15-9-2-5-12(13)14-7-9/h2-7,15-16H,1H3,(H2,13,14). The van der Waals surface area contributed by atoms with E-state index in [4.69, 9.17) is 5.73 Å². The van der Waals surface area contributed by atoms with Gasteiger partial charge in [-0.05, 0) is 42.8 Å². The Balaban J connectivity index is 2.23.